The van der Waals surface area contributed by atoms with Crippen molar-refractivity contribution in [3.8, 4) is 5.69 Å². The molecule has 0 bridgehead atoms. The zero-order chi connectivity index (χ0) is 14.0. The van der Waals surface area contributed by atoms with Crippen LogP contribution in [-0.2, 0) is 0 Å². The molecule has 0 aliphatic rings. The maximum absolute atomic E-state index is 12.2. The summed E-state index contributed by atoms with van der Waals surface area (Å²) in [5, 5.41) is 7.38. The van der Waals surface area contributed by atoms with E-state index in [1.165, 1.54) is 0 Å². The van der Waals surface area contributed by atoms with Gasteiger partial charge in [0.15, 0.2) is 0 Å². The van der Waals surface area contributed by atoms with E-state index in [0.717, 1.165) is 17.1 Å². The third-order valence-electron chi connectivity index (χ3n) is 2.94. The molecule has 1 aromatic heterocycles. The molecule has 0 atom stereocenters. The van der Waals surface area contributed by atoms with Crippen molar-refractivity contribution < 1.29 is 4.79 Å². The highest BCUT2D eigenvalue weighted by molar-refractivity contribution is 5.96. The summed E-state index contributed by atoms with van der Waals surface area (Å²) in [6.45, 7) is 7.68. The van der Waals surface area contributed by atoms with Crippen molar-refractivity contribution in [2.24, 2.45) is 0 Å². The van der Waals surface area contributed by atoms with E-state index in [1.54, 1.807) is 0 Å². The number of amides is 1. The third-order valence-corrected chi connectivity index (χ3v) is 2.94. The lowest BCUT2D eigenvalue weighted by atomic mass is 10.1. The average molecular weight is 257 g/mol. The molecule has 0 spiro atoms. The van der Waals surface area contributed by atoms with Crippen LogP contribution in [0, 0.1) is 13.8 Å². The van der Waals surface area contributed by atoms with E-state index in [4.69, 9.17) is 0 Å². The van der Waals surface area contributed by atoms with Gasteiger partial charge in [0, 0.05) is 6.04 Å². The van der Waals surface area contributed by atoms with Gasteiger partial charge in [0.05, 0.1) is 22.6 Å². The van der Waals surface area contributed by atoms with Gasteiger partial charge in [-0.25, -0.2) is 4.68 Å². The Balaban J connectivity index is 2.43. The van der Waals surface area contributed by atoms with Gasteiger partial charge in [0.1, 0.15) is 0 Å². The minimum absolute atomic E-state index is 0.0628. The Labute approximate surface area is 113 Å². The standard InChI is InChI=1S/C15H19N3O/c1-10(2)16-15(19)14-11(3)17-18(12(14)4)13-8-6-5-7-9-13/h5-10H,1-4H3,(H,16,19). The molecular formula is C15H19N3O. The maximum Gasteiger partial charge on any atom is 0.255 e. The molecule has 0 aliphatic heterocycles. The maximum atomic E-state index is 12.2. The first kappa shape index (κ1) is 13.3. The SMILES string of the molecule is Cc1nn(-c2ccccc2)c(C)c1C(=O)NC(C)C. The van der Waals surface area contributed by atoms with Crippen molar-refractivity contribution in [2.75, 3.05) is 0 Å². The quantitative estimate of drug-likeness (QED) is 0.918. The number of nitrogens with zero attached hydrogens (tertiary/aromatic N) is 2. The van der Waals surface area contributed by atoms with Crippen LogP contribution in [0.3, 0.4) is 0 Å². The fourth-order valence-corrected chi connectivity index (χ4v) is 2.13. The summed E-state index contributed by atoms with van der Waals surface area (Å²) in [7, 11) is 0. The number of hydrogen-bond acceptors (Lipinski definition) is 2. The van der Waals surface area contributed by atoms with Crippen LogP contribution in [0.25, 0.3) is 5.69 Å². The Kier molecular flexibility index (Phi) is 3.69. The van der Waals surface area contributed by atoms with Gasteiger partial charge in [-0.1, -0.05) is 18.2 Å². The third kappa shape index (κ3) is 2.67. The van der Waals surface area contributed by atoms with E-state index in [1.807, 2.05) is 62.7 Å². The van der Waals surface area contributed by atoms with Crippen molar-refractivity contribution >= 4 is 5.91 Å². The Morgan fingerprint density at radius 3 is 2.42 bits per heavy atom. The summed E-state index contributed by atoms with van der Waals surface area (Å²) < 4.78 is 1.81. The molecule has 0 unspecified atom stereocenters. The van der Waals surface area contributed by atoms with Crippen LogP contribution in [0.1, 0.15) is 35.6 Å². The molecule has 0 aliphatic carbocycles. The lowest BCUT2D eigenvalue weighted by molar-refractivity contribution is 0.0942. The van der Waals surface area contributed by atoms with E-state index in [0.29, 0.717) is 5.56 Å². The number of aromatic nitrogens is 2. The number of hydrogen-bond donors (Lipinski definition) is 1. The fraction of sp³-hybridized carbons (Fsp3) is 0.333. The fourth-order valence-electron chi connectivity index (χ4n) is 2.13. The summed E-state index contributed by atoms with van der Waals surface area (Å²) in [4.78, 5) is 12.2. The van der Waals surface area contributed by atoms with E-state index in [-0.39, 0.29) is 11.9 Å². The van der Waals surface area contributed by atoms with Gasteiger partial charge in [-0.05, 0) is 39.8 Å². The van der Waals surface area contributed by atoms with Crippen LogP contribution in [0.15, 0.2) is 30.3 Å². The second-order valence-corrected chi connectivity index (χ2v) is 4.92. The highest BCUT2D eigenvalue weighted by Crippen LogP contribution is 2.17. The van der Waals surface area contributed by atoms with E-state index < -0.39 is 0 Å². The Morgan fingerprint density at radius 2 is 1.84 bits per heavy atom. The van der Waals surface area contributed by atoms with Gasteiger partial charge < -0.3 is 5.32 Å². The van der Waals surface area contributed by atoms with Crippen molar-refractivity contribution in [3.63, 3.8) is 0 Å². The van der Waals surface area contributed by atoms with Crippen LogP contribution in [0.2, 0.25) is 0 Å². The molecule has 4 heteroatoms. The molecule has 1 amide bonds. The number of carbonyl (C=O) groups excluding carboxylic acids is 1. The first-order valence-electron chi connectivity index (χ1n) is 6.43. The number of para-hydroxylation sites is 1. The van der Waals surface area contributed by atoms with Crippen molar-refractivity contribution in [2.45, 2.75) is 33.7 Å². The second kappa shape index (κ2) is 5.26. The lowest BCUT2D eigenvalue weighted by Gasteiger charge is -2.09. The molecule has 0 saturated carbocycles. The van der Waals surface area contributed by atoms with Crippen LogP contribution >= 0.6 is 0 Å². The molecule has 0 fully saturated rings. The van der Waals surface area contributed by atoms with Gasteiger partial charge in [-0.3, -0.25) is 4.79 Å². The van der Waals surface area contributed by atoms with Crippen molar-refractivity contribution in [1.29, 1.82) is 0 Å². The highest BCUT2D eigenvalue weighted by atomic mass is 16.1. The smallest absolute Gasteiger partial charge is 0.255 e. The number of rotatable bonds is 3. The minimum Gasteiger partial charge on any atom is -0.350 e. The summed E-state index contributed by atoms with van der Waals surface area (Å²) in [5.41, 5.74) is 3.24. The predicted molar refractivity (Wildman–Crippen MR) is 75.6 cm³/mol. The largest absolute Gasteiger partial charge is 0.350 e. The highest BCUT2D eigenvalue weighted by Gasteiger charge is 2.19. The summed E-state index contributed by atoms with van der Waals surface area (Å²) in [6, 6.07) is 9.94. The van der Waals surface area contributed by atoms with Gasteiger partial charge >= 0.3 is 0 Å². The number of benzene rings is 1. The van der Waals surface area contributed by atoms with Crippen molar-refractivity contribution in [1.82, 2.24) is 15.1 Å². The van der Waals surface area contributed by atoms with Gasteiger partial charge in [-0.2, -0.15) is 5.10 Å². The van der Waals surface area contributed by atoms with Crippen LogP contribution in [0.4, 0.5) is 0 Å². The van der Waals surface area contributed by atoms with Gasteiger partial charge in [0.2, 0.25) is 0 Å². The normalized spacial score (nSPS) is 10.8. The predicted octanol–water partition coefficient (Wildman–Crippen LogP) is 2.63. The average Bonchev–Trinajstić information content (AvgIpc) is 2.65. The molecule has 19 heavy (non-hydrogen) atoms. The molecule has 0 saturated heterocycles. The summed E-state index contributed by atoms with van der Waals surface area (Å²) in [6.07, 6.45) is 0. The summed E-state index contributed by atoms with van der Waals surface area (Å²) >= 11 is 0. The van der Waals surface area contributed by atoms with Crippen LogP contribution in [-0.4, -0.2) is 21.7 Å². The molecule has 2 aromatic rings. The lowest BCUT2D eigenvalue weighted by Crippen LogP contribution is -2.30. The van der Waals surface area contributed by atoms with Gasteiger partial charge in [-0.15, -0.1) is 0 Å². The Morgan fingerprint density at radius 1 is 1.21 bits per heavy atom. The monoisotopic (exact) mass is 257 g/mol. The van der Waals surface area contributed by atoms with E-state index >= 15 is 0 Å². The summed E-state index contributed by atoms with van der Waals surface area (Å²) in [5.74, 6) is -0.0628. The molecule has 1 heterocycles. The molecule has 1 N–H and O–H groups in total. The molecule has 0 radical (unpaired) electrons. The second-order valence-electron chi connectivity index (χ2n) is 4.92. The Bertz CT molecular complexity index is 585. The Hall–Kier alpha value is -2.10. The first-order valence-corrected chi connectivity index (χ1v) is 6.43. The number of carbonyl (C=O) groups is 1. The zero-order valence-electron chi connectivity index (χ0n) is 11.8. The number of nitrogens with one attached hydrogen (secondary N) is 1. The number of aryl methyl sites for hydroxylation is 1. The minimum atomic E-state index is -0.0628. The van der Waals surface area contributed by atoms with E-state index in [9.17, 15) is 4.79 Å². The molecule has 100 valence electrons. The van der Waals surface area contributed by atoms with E-state index in [2.05, 4.69) is 10.4 Å². The van der Waals surface area contributed by atoms with Gasteiger partial charge in [0.25, 0.3) is 5.91 Å². The molecule has 4 nitrogen and oxygen atoms in total. The van der Waals surface area contributed by atoms with Crippen LogP contribution < -0.4 is 5.32 Å². The molecular weight excluding hydrogens is 238 g/mol. The molecule has 1 aromatic carbocycles. The first-order chi connectivity index (χ1) is 9.00. The van der Waals surface area contributed by atoms with Crippen molar-refractivity contribution in [3.05, 3.63) is 47.3 Å². The topological polar surface area (TPSA) is 46.9 Å². The zero-order valence-corrected chi connectivity index (χ0v) is 11.8. The van der Waals surface area contributed by atoms with Crippen LogP contribution in [0.5, 0.6) is 0 Å². The molecule has 2 rings (SSSR count).